The fourth-order valence-electron chi connectivity index (χ4n) is 4.44. The second-order valence-electron chi connectivity index (χ2n) is 9.38. The Bertz CT molecular complexity index is 1260. The van der Waals surface area contributed by atoms with Crippen LogP contribution in [0.1, 0.15) is 42.7 Å². The van der Waals surface area contributed by atoms with E-state index in [1.54, 1.807) is 24.3 Å². The molecule has 0 bridgehead atoms. The van der Waals surface area contributed by atoms with Crippen molar-refractivity contribution in [3.8, 4) is 0 Å². The maximum Gasteiger partial charge on any atom is 0.276 e. The van der Waals surface area contributed by atoms with Gasteiger partial charge in [-0.3, -0.25) is 19.3 Å². The largest absolute Gasteiger partial charge is 0.369 e. The molecular weight excluding hydrogens is 430 g/mol. The van der Waals surface area contributed by atoms with E-state index in [0.29, 0.717) is 23.0 Å². The van der Waals surface area contributed by atoms with Crippen LogP contribution in [0, 0.1) is 11.8 Å². The topological polar surface area (TPSA) is 110 Å². The molecule has 4 rings (SSSR count). The molecule has 2 heterocycles. The highest BCUT2D eigenvalue weighted by molar-refractivity contribution is 6.11. The van der Waals surface area contributed by atoms with Crippen LogP contribution in [-0.4, -0.2) is 39.6 Å². The molecule has 1 aromatic heterocycles. The standard InChI is InChI=1S/C26H31N5O3/c1-17(2)15-31-26(34)22-9-4-3-8-21(22)23(29-31)25(33)28-20-7-5-6-18(14-20)16-30-12-10-19(11-13-30)24(27)32/h3-9,14,17,19H,10-13,15-16H2,1-2H3,(H2,27,32)(H,28,33). The van der Waals surface area contributed by atoms with Crippen LogP contribution in [0.3, 0.4) is 0 Å². The molecule has 3 aromatic rings. The first kappa shape index (κ1) is 23.6. The van der Waals surface area contributed by atoms with E-state index < -0.39 is 0 Å². The second-order valence-corrected chi connectivity index (χ2v) is 9.38. The van der Waals surface area contributed by atoms with Gasteiger partial charge in [0.15, 0.2) is 5.69 Å². The lowest BCUT2D eigenvalue weighted by atomic mass is 9.96. The molecule has 2 amide bonds. The molecule has 8 heteroatoms. The van der Waals surface area contributed by atoms with Gasteiger partial charge in [-0.1, -0.05) is 44.2 Å². The highest BCUT2D eigenvalue weighted by Crippen LogP contribution is 2.21. The third-order valence-electron chi connectivity index (χ3n) is 6.20. The second kappa shape index (κ2) is 10.2. The zero-order valence-corrected chi connectivity index (χ0v) is 19.7. The molecule has 1 aliphatic heterocycles. The molecule has 0 atom stereocenters. The molecule has 0 saturated carbocycles. The third-order valence-corrected chi connectivity index (χ3v) is 6.20. The average Bonchev–Trinajstić information content (AvgIpc) is 2.81. The van der Waals surface area contributed by atoms with Gasteiger partial charge in [0, 0.05) is 30.1 Å². The lowest BCUT2D eigenvalue weighted by Gasteiger charge is -2.30. The van der Waals surface area contributed by atoms with E-state index in [2.05, 4.69) is 15.3 Å². The van der Waals surface area contributed by atoms with Crippen molar-refractivity contribution in [2.75, 3.05) is 18.4 Å². The van der Waals surface area contributed by atoms with Crippen molar-refractivity contribution in [2.45, 2.75) is 39.8 Å². The number of anilines is 1. The lowest BCUT2D eigenvalue weighted by molar-refractivity contribution is -0.123. The van der Waals surface area contributed by atoms with Crippen LogP contribution < -0.4 is 16.6 Å². The molecule has 8 nitrogen and oxygen atoms in total. The van der Waals surface area contributed by atoms with Crippen LogP contribution in [0.15, 0.2) is 53.3 Å². The number of rotatable bonds is 7. The summed E-state index contributed by atoms with van der Waals surface area (Å²) in [5.41, 5.74) is 7.21. The number of hydrogen-bond donors (Lipinski definition) is 2. The first-order valence-corrected chi connectivity index (χ1v) is 11.7. The number of piperidine rings is 1. The van der Waals surface area contributed by atoms with Crippen molar-refractivity contribution >= 4 is 28.3 Å². The molecule has 0 unspecified atom stereocenters. The van der Waals surface area contributed by atoms with Crippen molar-refractivity contribution < 1.29 is 9.59 Å². The van der Waals surface area contributed by atoms with E-state index in [0.717, 1.165) is 38.0 Å². The van der Waals surface area contributed by atoms with Crippen LogP contribution in [0.25, 0.3) is 10.8 Å². The number of fused-ring (bicyclic) bond motifs is 1. The first-order chi connectivity index (χ1) is 16.3. The summed E-state index contributed by atoms with van der Waals surface area (Å²) in [5, 5.41) is 8.40. The minimum absolute atomic E-state index is 0.0387. The van der Waals surface area contributed by atoms with Crippen molar-refractivity contribution in [3.63, 3.8) is 0 Å². The first-order valence-electron chi connectivity index (χ1n) is 11.7. The Kier molecular flexibility index (Phi) is 7.07. The Morgan fingerprint density at radius 1 is 1.09 bits per heavy atom. The number of primary amides is 1. The number of benzene rings is 2. The smallest absolute Gasteiger partial charge is 0.276 e. The van der Waals surface area contributed by atoms with Crippen molar-refractivity contribution in [2.24, 2.45) is 17.6 Å². The monoisotopic (exact) mass is 461 g/mol. The predicted octanol–water partition coefficient (Wildman–Crippen LogP) is 3.00. The zero-order valence-electron chi connectivity index (χ0n) is 19.7. The maximum atomic E-state index is 13.2. The van der Waals surface area contributed by atoms with E-state index in [9.17, 15) is 14.4 Å². The molecule has 1 fully saturated rings. The minimum Gasteiger partial charge on any atom is -0.369 e. The summed E-state index contributed by atoms with van der Waals surface area (Å²) in [7, 11) is 0. The number of nitrogens with two attached hydrogens (primary N) is 1. The fourth-order valence-corrected chi connectivity index (χ4v) is 4.44. The van der Waals surface area contributed by atoms with Crippen LogP contribution in [0.2, 0.25) is 0 Å². The average molecular weight is 462 g/mol. The van der Waals surface area contributed by atoms with Crippen molar-refractivity contribution in [3.05, 3.63) is 70.1 Å². The number of amides is 2. The van der Waals surface area contributed by atoms with E-state index in [4.69, 9.17) is 5.73 Å². The summed E-state index contributed by atoms with van der Waals surface area (Å²) in [6, 6.07) is 14.8. The minimum atomic E-state index is -0.354. The lowest BCUT2D eigenvalue weighted by Crippen LogP contribution is -2.38. The van der Waals surface area contributed by atoms with E-state index in [1.807, 2.05) is 38.1 Å². The summed E-state index contributed by atoms with van der Waals surface area (Å²) >= 11 is 0. The molecule has 1 aliphatic rings. The van der Waals surface area contributed by atoms with Gasteiger partial charge in [0.1, 0.15) is 0 Å². The number of aromatic nitrogens is 2. The number of carbonyl (C=O) groups excluding carboxylic acids is 2. The zero-order chi connectivity index (χ0) is 24.2. The molecule has 0 aliphatic carbocycles. The highest BCUT2D eigenvalue weighted by Gasteiger charge is 2.23. The van der Waals surface area contributed by atoms with Crippen molar-refractivity contribution in [1.29, 1.82) is 0 Å². The number of nitrogens with zero attached hydrogens (tertiary/aromatic N) is 3. The summed E-state index contributed by atoms with van der Waals surface area (Å²) in [6.07, 6.45) is 1.55. The molecule has 178 valence electrons. The molecular formula is C26H31N5O3. The quantitative estimate of drug-likeness (QED) is 0.562. The summed E-state index contributed by atoms with van der Waals surface area (Å²) in [4.78, 5) is 39.7. The molecule has 0 spiro atoms. The molecule has 1 saturated heterocycles. The number of likely N-dealkylation sites (tertiary alicyclic amines) is 1. The van der Waals surface area contributed by atoms with Crippen LogP contribution in [0.5, 0.6) is 0 Å². The molecule has 3 N–H and O–H groups in total. The van der Waals surface area contributed by atoms with Gasteiger partial charge in [-0.15, -0.1) is 0 Å². The SMILES string of the molecule is CC(C)Cn1nc(C(=O)Nc2cccc(CN3CCC(C(N)=O)CC3)c2)c2ccccc2c1=O. The molecule has 0 radical (unpaired) electrons. The van der Waals surface area contributed by atoms with E-state index in [-0.39, 0.29) is 34.9 Å². The van der Waals surface area contributed by atoms with Crippen LogP contribution in [0.4, 0.5) is 5.69 Å². The van der Waals surface area contributed by atoms with Gasteiger partial charge in [0.25, 0.3) is 11.5 Å². The molecule has 34 heavy (non-hydrogen) atoms. The van der Waals surface area contributed by atoms with E-state index >= 15 is 0 Å². The van der Waals surface area contributed by atoms with Gasteiger partial charge in [0.2, 0.25) is 5.91 Å². The number of nitrogens with one attached hydrogen (secondary N) is 1. The predicted molar refractivity (Wildman–Crippen MR) is 132 cm³/mol. The summed E-state index contributed by atoms with van der Waals surface area (Å²) in [5.74, 6) is -0.395. The van der Waals surface area contributed by atoms with Gasteiger partial charge in [0.05, 0.1) is 5.39 Å². The van der Waals surface area contributed by atoms with Gasteiger partial charge in [-0.25, -0.2) is 4.68 Å². The summed E-state index contributed by atoms with van der Waals surface area (Å²) in [6.45, 7) is 6.81. The normalized spacial score (nSPS) is 15.0. The van der Waals surface area contributed by atoms with E-state index in [1.165, 1.54) is 4.68 Å². The summed E-state index contributed by atoms with van der Waals surface area (Å²) < 4.78 is 1.38. The Morgan fingerprint density at radius 2 is 1.79 bits per heavy atom. The Morgan fingerprint density at radius 3 is 2.47 bits per heavy atom. The number of carbonyl (C=O) groups is 2. The number of hydrogen-bond acceptors (Lipinski definition) is 5. The Balaban J connectivity index is 1.53. The Hall–Kier alpha value is -3.52. The van der Waals surface area contributed by atoms with Gasteiger partial charge in [-0.05, 0) is 55.6 Å². The van der Waals surface area contributed by atoms with Gasteiger partial charge in [-0.2, -0.15) is 5.10 Å². The van der Waals surface area contributed by atoms with Gasteiger partial charge < -0.3 is 11.1 Å². The van der Waals surface area contributed by atoms with Crippen molar-refractivity contribution in [1.82, 2.24) is 14.7 Å². The highest BCUT2D eigenvalue weighted by atomic mass is 16.2. The van der Waals surface area contributed by atoms with Crippen LogP contribution >= 0.6 is 0 Å². The maximum absolute atomic E-state index is 13.2. The fraction of sp³-hybridized carbons (Fsp3) is 0.385. The van der Waals surface area contributed by atoms with Crippen LogP contribution in [-0.2, 0) is 17.9 Å². The van der Waals surface area contributed by atoms with Gasteiger partial charge >= 0.3 is 0 Å². The third kappa shape index (κ3) is 5.34. The molecule has 2 aromatic carbocycles. The Labute approximate surface area is 198 Å².